The second-order valence-corrected chi connectivity index (χ2v) is 8.90. The number of nitrogens with zero attached hydrogens (tertiary/aromatic N) is 1. The highest BCUT2D eigenvalue weighted by Gasteiger charge is 2.29. The molecule has 0 aliphatic carbocycles. The van der Waals surface area contributed by atoms with E-state index in [1.165, 1.54) is 19.2 Å². The van der Waals surface area contributed by atoms with Gasteiger partial charge in [-0.1, -0.05) is 37.1 Å². The number of pyridine rings is 1. The van der Waals surface area contributed by atoms with E-state index in [1.54, 1.807) is 30.5 Å². The molecule has 0 amide bonds. The molecule has 0 aliphatic rings. The maximum absolute atomic E-state index is 12.6. The van der Waals surface area contributed by atoms with E-state index in [1.807, 2.05) is 32.6 Å². The summed E-state index contributed by atoms with van der Waals surface area (Å²) in [5.74, 6) is 5.46. The predicted molar refractivity (Wildman–Crippen MR) is 143 cm³/mol. The molecule has 0 atom stereocenters. The summed E-state index contributed by atoms with van der Waals surface area (Å²) in [6, 6.07) is 15.2. The number of nitrogens with one attached hydrogen (secondary N) is 1. The molecule has 2 aromatic carbocycles. The first kappa shape index (κ1) is 34.0. The minimum absolute atomic E-state index is 0.0939. The number of hydrogen-bond donors (Lipinski definition) is 2. The highest BCUT2D eigenvalue weighted by molar-refractivity contribution is 7.92. The van der Waals surface area contributed by atoms with E-state index in [0.717, 1.165) is 29.7 Å². The Morgan fingerprint density at radius 3 is 2.05 bits per heavy atom. The molecule has 38 heavy (non-hydrogen) atoms. The Bertz CT molecular complexity index is 1270. The van der Waals surface area contributed by atoms with Crippen LogP contribution in [0.5, 0.6) is 0 Å². The molecule has 204 valence electrons. The molecule has 0 saturated heterocycles. The van der Waals surface area contributed by atoms with E-state index in [0.29, 0.717) is 16.9 Å². The van der Waals surface area contributed by atoms with Crippen LogP contribution in [0.2, 0.25) is 0 Å². The van der Waals surface area contributed by atoms with Crippen molar-refractivity contribution < 1.29 is 31.2 Å². The van der Waals surface area contributed by atoms with Crippen LogP contribution in [0, 0.1) is 11.8 Å². The highest BCUT2D eigenvalue weighted by Crippen LogP contribution is 2.29. The fourth-order valence-electron chi connectivity index (χ4n) is 2.92. The maximum Gasteiger partial charge on any atom is 0.416 e. The van der Waals surface area contributed by atoms with Gasteiger partial charge in [-0.2, -0.15) is 13.2 Å². The third kappa shape index (κ3) is 11.8. The SMILES string of the molecule is C=O.C=O.CCc1ccccc1NS(=O)(=O)CCc1ccc(C#Cc2ccc(C(F)(F)F)cc2)nc1.CN. The number of benzene rings is 2. The van der Waals surface area contributed by atoms with E-state index < -0.39 is 21.8 Å². The molecule has 11 heteroatoms. The number of aromatic nitrogens is 1. The van der Waals surface area contributed by atoms with Gasteiger partial charge in [-0.3, -0.25) is 4.72 Å². The third-order valence-electron chi connectivity index (χ3n) is 4.70. The minimum atomic E-state index is -4.38. The standard InChI is InChI=1S/C24H21F3N2O2S.CH5N.2CH2O/c1-2-20-5-3-4-6-23(20)29-32(30,31)16-15-19-10-14-22(28-17-19)13-9-18-7-11-21(12-8-18)24(25,26)27;3*1-2/h3-8,10-12,14,17,29H,2,15-16H2,1H3;2H2,1H3;2*1H2. The van der Waals surface area contributed by atoms with Gasteiger partial charge in [0.25, 0.3) is 0 Å². The van der Waals surface area contributed by atoms with Crippen LogP contribution >= 0.6 is 0 Å². The Morgan fingerprint density at radius 1 is 0.921 bits per heavy atom. The molecule has 1 aromatic heterocycles. The summed E-state index contributed by atoms with van der Waals surface area (Å²) in [4.78, 5) is 20.2. The van der Waals surface area contributed by atoms with Gasteiger partial charge in [-0.15, -0.1) is 0 Å². The Balaban J connectivity index is 0.00000213. The first-order valence-electron chi connectivity index (χ1n) is 11.0. The fraction of sp³-hybridized carbons (Fsp3) is 0.222. The van der Waals surface area contributed by atoms with Crippen LogP contribution < -0.4 is 10.5 Å². The quantitative estimate of drug-likeness (QED) is 0.444. The van der Waals surface area contributed by atoms with Crippen molar-refractivity contribution in [3.05, 3.63) is 94.8 Å². The van der Waals surface area contributed by atoms with Crippen molar-refractivity contribution in [1.82, 2.24) is 4.98 Å². The zero-order valence-corrected chi connectivity index (χ0v) is 21.9. The number of anilines is 1. The Labute approximate surface area is 221 Å². The Morgan fingerprint density at radius 2 is 1.53 bits per heavy atom. The van der Waals surface area contributed by atoms with Crippen molar-refractivity contribution in [2.24, 2.45) is 5.73 Å². The molecule has 3 rings (SSSR count). The van der Waals surface area contributed by atoms with Crippen LogP contribution in [0.3, 0.4) is 0 Å². The lowest BCUT2D eigenvalue weighted by Gasteiger charge is -2.11. The highest BCUT2D eigenvalue weighted by atomic mass is 32.2. The average Bonchev–Trinajstić information content (AvgIpc) is 2.94. The van der Waals surface area contributed by atoms with Gasteiger partial charge in [0.1, 0.15) is 19.3 Å². The van der Waals surface area contributed by atoms with E-state index >= 15 is 0 Å². The lowest BCUT2D eigenvalue weighted by molar-refractivity contribution is -0.137. The molecule has 0 unspecified atom stereocenters. The van der Waals surface area contributed by atoms with Crippen LogP contribution in [0.4, 0.5) is 18.9 Å². The van der Waals surface area contributed by atoms with Crippen LogP contribution in [0.1, 0.15) is 34.9 Å². The maximum atomic E-state index is 12.6. The van der Waals surface area contributed by atoms with Gasteiger partial charge >= 0.3 is 6.18 Å². The molecule has 3 N–H and O–H groups in total. The summed E-state index contributed by atoms with van der Waals surface area (Å²) in [5, 5.41) is 0. The molecule has 3 aromatic rings. The monoisotopic (exact) mass is 549 g/mol. The molecule has 0 saturated carbocycles. The number of aryl methyl sites for hydroxylation is 2. The fourth-order valence-corrected chi connectivity index (χ4v) is 4.06. The molecule has 0 bridgehead atoms. The second kappa shape index (κ2) is 17.4. The van der Waals surface area contributed by atoms with Crippen molar-refractivity contribution in [2.45, 2.75) is 25.9 Å². The van der Waals surface area contributed by atoms with Crippen LogP contribution in [0.25, 0.3) is 0 Å². The molecule has 7 nitrogen and oxygen atoms in total. The van der Waals surface area contributed by atoms with Crippen LogP contribution in [-0.2, 0) is 38.6 Å². The number of hydrogen-bond acceptors (Lipinski definition) is 6. The predicted octanol–water partition coefficient (Wildman–Crippen LogP) is 4.25. The first-order chi connectivity index (χ1) is 18.2. The number of rotatable bonds is 6. The summed E-state index contributed by atoms with van der Waals surface area (Å²) in [6.45, 7) is 5.96. The van der Waals surface area contributed by atoms with Gasteiger partial charge in [-0.25, -0.2) is 13.4 Å². The van der Waals surface area contributed by atoms with E-state index in [-0.39, 0.29) is 12.2 Å². The zero-order chi connectivity index (χ0) is 29.2. The van der Waals surface area contributed by atoms with Crippen molar-refractivity contribution in [3.63, 3.8) is 0 Å². The second-order valence-electron chi connectivity index (χ2n) is 7.06. The molecular weight excluding hydrogens is 519 g/mol. The molecule has 0 spiro atoms. The van der Waals surface area contributed by atoms with Gasteiger partial charge in [0, 0.05) is 11.8 Å². The van der Waals surface area contributed by atoms with Crippen LogP contribution in [-0.4, -0.2) is 39.8 Å². The lowest BCUT2D eigenvalue weighted by atomic mass is 10.1. The number of para-hydroxylation sites is 1. The number of alkyl halides is 3. The summed E-state index contributed by atoms with van der Waals surface area (Å²) >= 11 is 0. The normalized spacial score (nSPS) is 10.1. The van der Waals surface area contributed by atoms with Crippen molar-refractivity contribution in [1.29, 1.82) is 0 Å². The summed E-state index contributed by atoms with van der Waals surface area (Å²) in [6.07, 6.45) is -1.83. The van der Waals surface area contributed by atoms with Gasteiger partial charge < -0.3 is 15.3 Å². The molecule has 0 fully saturated rings. The molecule has 0 radical (unpaired) electrons. The lowest BCUT2D eigenvalue weighted by Crippen LogP contribution is -2.19. The number of halogens is 3. The summed E-state index contributed by atoms with van der Waals surface area (Å²) in [7, 11) is -2.02. The summed E-state index contributed by atoms with van der Waals surface area (Å²) in [5.41, 5.74) is 6.89. The van der Waals surface area contributed by atoms with Gasteiger partial charge in [0.15, 0.2) is 0 Å². The van der Waals surface area contributed by atoms with Crippen molar-refractivity contribution in [3.8, 4) is 11.8 Å². The van der Waals surface area contributed by atoms with E-state index in [9.17, 15) is 21.6 Å². The third-order valence-corrected chi connectivity index (χ3v) is 5.97. The molecular formula is C27H30F3N3O4S. The van der Waals surface area contributed by atoms with Gasteiger partial charge in [0.05, 0.1) is 17.0 Å². The van der Waals surface area contributed by atoms with Crippen molar-refractivity contribution in [2.75, 3.05) is 17.5 Å². The first-order valence-corrected chi connectivity index (χ1v) is 12.7. The molecule has 1 heterocycles. The Hall–Kier alpha value is -4.01. The number of sulfonamides is 1. The van der Waals surface area contributed by atoms with E-state index in [4.69, 9.17) is 9.59 Å². The van der Waals surface area contributed by atoms with Gasteiger partial charge in [0.2, 0.25) is 10.0 Å². The smallest absolute Gasteiger partial charge is 0.333 e. The Kier molecular flexibility index (Phi) is 15.6. The topological polar surface area (TPSA) is 119 Å². The largest absolute Gasteiger partial charge is 0.416 e. The summed E-state index contributed by atoms with van der Waals surface area (Å²) < 4.78 is 65.3. The van der Waals surface area contributed by atoms with Crippen molar-refractivity contribution >= 4 is 29.3 Å². The van der Waals surface area contributed by atoms with Crippen LogP contribution in [0.15, 0.2) is 66.9 Å². The number of carbonyl (C=O) groups excluding carboxylic acids is 2. The number of nitrogens with two attached hydrogens (primary N) is 1. The average molecular weight is 550 g/mol. The van der Waals surface area contributed by atoms with Gasteiger partial charge in [-0.05, 0) is 73.3 Å². The zero-order valence-electron chi connectivity index (χ0n) is 21.1. The molecule has 0 aliphatic heterocycles. The minimum Gasteiger partial charge on any atom is -0.333 e. The number of carbonyl (C=O) groups is 2. The van der Waals surface area contributed by atoms with E-state index in [2.05, 4.69) is 27.3 Å².